The molecule has 0 N–H and O–H groups in total. The summed E-state index contributed by atoms with van der Waals surface area (Å²) in [6.07, 6.45) is 8.69. The zero-order chi connectivity index (χ0) is 21.8. The first kappa shape index (κ1) is 22.8. The van der Waals surface area contributed by atoms with Gasteiger partial charge in [0.25, 0.3) is 0 Å². The molecule has 172 valence electrons. The third-order valence-corrected chi connectivity index (χ3v) is 8.49. The van der Waals surface area contributed by atoms with E-state index in [-0.39, 0.29) is 5.41 Å². The normalized spacial score (nSPS) is 26.1. The number of ether oxygens (including phenoxy) is 1. The van der Waals surface area contributed by atoms with E-state index in [9.17, 15) is 4.79 Å². The van der Waals surface area contributed by atoms with Crippen molar-refractivity contribution in [3.63, 3.8) is 0 Å². The molecule has 1 aromatic carbocycles. The minimum atomic E-state index is 0.00476. The van der Waals surface area contributed by atoms with Crippen molar-refractivity contribution < 1.29 is 9.53 Å². The Bertz CT molecular complexity index is 742. The summed E-state index contributed by atoms with van der Waals surface area (Å²) < 4.78 is 5.43. The molecule has 1 aromatic rings. The van der Waals surface area contributed by atoms with Crippen molar-refractivity contribution in [1.29, 1.82) is 0 Å². The molecule has 2 saturated carbocycles. The van der Waals surface area contributed by atoms with E-state index in [1.807, 2.05) is 6.92 Å². The topological polar surface area (TPSA) is 32.8 Å². The minimum Gasteiger partial charge on any atom is -0.374 e. The molecule has 4 nitrogen and oxygen atoms in total. The molecule has 0 aromatic heterocycles. The van der Waals surface area contributed by atoms with E-state index >= 15 is 0 Å². The van der Waals surface area contributed by atoms with Crippen molar-refractivity contribution in [3.8, 4) is 0 Å². The minimum absolute atomic E-state index is 0.00476. The van der Waals surface area contributed by atoms with Crippen molar-refractivity contribution >= 4 is 11.5 Å². The molecule has 4 rings (SSSR count). The highest BCUT2D eigenvalue weighted by Crippen LogP contribution is 2.57. The molecular formula is C27H42N2O2. The highest BCUT2D eigenvalue weighted by molar-refractivity contribution is 5.88. The Hall–Kier alpha value is -1.39. The van der Waals surface area contributed by atoms with Crippen LogP contribution >= 0.6 is 0 Å². The quantitative estimate of drug-likeness (QED) is 0.556. The van der Waals surface area contributed by atoms with E-state index in [1.165, 1.54) is 68.6 Å². The first-order chi connectivity index (χ1) is 15.0. The summed E-state index contributed by atoms with van der Waals surface area (Å²) in [6, 6.07) is 6.88. The Morgan fingerprint density at radius 3 is 2.35 bits per heavy atom. The summed E-state index contributed by atoms with van der Waals surface area (Å²) in [5, 5.41) is 0. The number of carbonyl (C=O) groups is 1. The molecule has 0 bridgehead atoms. The lowest BCUT2D eigenvalue weighted by Gasteiger charge is -2.38. The number of ketones is 1. The Morgan fingerprint density at radius 1 is 1.03 bits per heavy atom. The number of anilines is 1. The predicted octanol–water partition coefficient (Wildman–Crippen LogP) is 5.01. The molecule has 1 aliphatic heterocycles. The smallest absolute Gasteiger partial charge is 0.164 e. The molecule has 0 unspecified atom stereocenters. The van der Waals surface area contributed by atoms with E-state index in [2.05, 4.69) is 41.8 Å². The van der Waals surface area contributed by atoms with Crippen LogP contribution in [0.5, 0.6) is 0 Å². The van der Waals surface area contributed by atoms with Crippen LogP contribution in [0.2, 0.25) is 0 Å². The SMILES string of the molecule is CCOCC(=O)C1(C2CCC(CCN3CCN(c4ccc(C)c(C)c4)CC3)CC2)CC1. The van der Waals surface area contributed by atoms with Crippen molar-refractivity contribution in [1.82, 2.24) is 4.90 Å². The maximum Gasteiger partial charge on any atom is 0.164 e. The van der Waals surface area contributed by atoms with Crippen LogP contribution in [-0.2, 0) is 9.53 Å². The van der Waals surface area contributed by atoms with E-state index in [0.717, 1.165) is 31.8 Å². The molecule has 3 aliphatic rings. The van der Waals surface area contributed by atoms with Crippen LogP contribution in [0.15, 0.2) is 18.2 Å². The Labute approximate surface area is 189 Å². The van der Waals surface area contributed by atoms with Gasteiger partial charge in [0, 0.05) is 43.9 Å². The maximum atomic E-state index is 12.6. The highest BCUT2D eigenvalue weighted by atomic mass is 16.5. The maximum absolute atomic E-state index is 12.6. The van der Waals surface area contributed by atoms with Crippen LogP contribution in [0.25, 0.3) is 0 Å². The van der Waals surface area contributed by atoms with Crippen LogP contribution in [0, 0.1) is 31.1 Å². The first-order valence-corrected chi connectivity index (χ1v) is 12.7. The average molecular weight is 427 g/mol. The number of rotatable bonds is 9. The fourth-order valence-corrected chi connectivity index (χ4v) is 5.91. The zero-order valence-electron chi connectivity index (χ0n) is 20.0. The highest BCUT2D eigenvalue weighted by Gasteiger charge is 2.54. The summed E-state index contributed by atoms with van der Waals surface area (Å²) in [4.78, 5) is 17.8. The average Bonchev–Trinajstić information content (AvgIpc) is 3.61. The van der Waals surface area contributed by atoms with Crippen LogP contribution in [0.3, 0.4) is 0 Å². The summed E-state index contributed by atoms with van der Waals surface area (Å²) in [5.41, 5.74) is 4.16. The zero-order valence-corrected chi connectivity index (χ0v) is 20.0. The lowest BCUT2D eigenvalue weighted by molar-refractivity contribution is -0.131. The fraction of sp³-hybridized carbons (Fsp3) is 0.741. The fourth-order valence-electron chi connectivity index (χ4n) is 5.91. The van der Waals surface area contributed by atoms with Gasteiger partial charge in [-0.1, -0.05) is 18.9 Å². The number of carbonyl (C=O) groups excluding carboxylic acids is 1. The van der Waals surface area contributed by atoms with Crippen LogP contribution in [0.4, 0.5) is 5.69 Å². The largest absolute Gasteiger partial charge is 0.374 e. The van der Waals surface area contributed by atoms with Gasteiger partial charge in [-0.3, -0.25) is 9.69 Å². The molecule has 0 amide bonds. The third kappa shape index (κ3) is 5.34. The van der Waals surface area contributed by atoms with Gasteiger partial charge in [-0.05, 0) is 94.5 Å². The van der Waals surface area contributed by atoms with Gasteiger partial charge in [-0.2, -0.15) is 0 Å². The first-order valence-electron chi connectivity index (χ1n) is 12.7. The molecule has 2 aliphatic carbocycles. The molecule has 3 fully saturated rings. The summed E-state index contributed by atoms with van der Waals surface area (Å²) in [7, 11) is 0. The summed E-state index contributed by atoms with van der Waals surface area (Å²) >= 11 is 0. The number of Topliss-reactive ketones (excluding diaryl/α,β-unsaturated/α-hetero) is 1. The van der Waals surface area contributed by atoms with Crippen molar-refractivity contribution in [3.05, 3.63) is 29.3 Å². The van der Waals surface area contributed by atoms with E-state index in [4.69, 9.17) is 4.74 Å². The number of hydrogen-bond acceptors (Lipinski definition) is 4. The number of aryl methyl sites for hydroxylation is 2. The second-order valence-corrected chi connectivity index (χ2v) is 10.3. The monoisotopic (exact) mass is 426 g/mol. The van der Waals surface area contributed by atoms with Gasteiger partial charge in [0.05, 0.1) is 0 Å². The standard InChI is InChI=1S/C27H42N2O2/c1-4-31-20-26(30)27(12-13-27)24-8-6-23(7-9-24)11-14-28-15-17-29(18-16-28)25-10-5-21(2)22(3)19-25/h5,10,19,23-24H,4,6-9,11-18,20H2,1-3H3. The molecule has 0 radical (unpaired) electrons. The van der Waals surface area contributed by atoms with Gasteiger partial charge in [0.2, 0.25) is 0 Å². The van der Waals surface area contributed by atoms with Crippen LogP contribution in [0.1, 0.15) is 63.0 Å². The van der Waals surface area contributed by atoms with Crippen molar-refractivity contribution in [2.24, 2.45) is 17.3 Å². The molecule has 31 heavy (non-hydrogen) atoms. The molecule has 1 heterocycles. The van der Waals surface area contributed by atoms with Crippen LogP contribution < -0.4 is 4.90 Å². The van der Waals surface area contributed by atoms with Gasteiger partial charge >= 0.3 is 0 Å². The summed E-state index contributed by atoms with van der Waals surface area (Å²) in [6.45, 7) is 13.2. The van der Waals surface area contributed by atoms with Crippen LogP contribution in [-0.4, -0.2) is 56.6 Å². The van der Waals surface area contributed by atoms with Gasteiger partial charge in [-0.15, -0.1) is 0 Å². The number of benzene rings is 1. The van der Waals surface area contributed by atoms with E-state index in [1.54, 1.807) is 0 Å². The molecule has 1 saturated heterocycles. The Morgan fingerprint density at radius 2 is 1.74 bits per heavy atom. The van der Waals surface area contributed by atoms with E-state index in [0.29, 0.717) is 24.9 Å². The second kappa shape index (κ2) is 10.0. The van der Waals surface area contributed by atoms with Gasteiger partial charge < -0.3 is 9.64 Å². The van der Waals surface area contributed by atoms with Gasteiger partial charge in [0.15, 0.2) is 5.78 Å². The Balaban J connectivity index is 1.16. The molecular weight excluding hydrogens is 384 g/mol. The lowest BCUT2D eigenvalue weighted by Crippen LogP contribution is -2.47. The van der Waals surface area contributed by atoms with Crippen molar-refractivity contribution in [2.45, 2.75) is 65.7 Å². The number of piperazine rings is 1. The molecule has 0 spiro atoms. The predicted molar refractivity (Wildman–Crippen MR) is 128 cm³/mol. The molecule has 4 heteroatoms. The Kier molecular flexibility index (Phi) is 7.38. The lowest BCUT2D eigenvalue weighted by atomic mass is 9.72. The van der Waals surface area contributed by atoms with Gasteiger partial charge in [0.1, 0.15) is 6.61 Å². The third-order valence-electron chi connectivity index (χ3n) is 8.49. The summed E-state index contributed by atoms with van der Waals surface area (Å²) in [5.74, 6) is 1.87. The number of hydrogen-bond donors (Lipinski definition) is 0. The molecule has 0 atom stereocenters. The second-order valence-electron chi connectivity index (χ2n) is 10.3. The number of nitrogens with zero attached hydrogens (tertiary/aromatic N) is 2. The van der Waals surface area contributed by atoms with Gasteiger partial charge in [-0.25, -0.2) is 0 Å². The van der Waals surface area contributed by atoms with E-state index < -0.39 is 0 Å². The van der Waals surface area contributed by atoms with Crippen molar-refractivity contribution in [2.75, 3.05) is 50.8 Å².